The monoisotopic (exact) mass is 555 g/mol. The predicted octanol–water partition coefficient (Wildman–Crippen LogP) is 1.22. The summed E-state index contributed by atoms with van der Waals surface area (Å²) in [5, 5.41) is 4.68. The van der Waals surface area contributed by atoms with Crippen molar-refractivity contribution < 1.29 is 33.5 Å². The van der Waals surface area contributed by atoms with Crippen molar-refractivity contribution in [1.29, 1.82) is 0 Å². The number of benzene rings is 1. The van der Waals surface area contributed by atoms with Crippen LogP contribution < -0.4 is 21.3 Å². The molecule has 2 saturated heterocycles. The van der Waals surface area contributed by atoms with Crippen molar-refractivity contribution in [3.8, 4) is 0 Å². The third-order valence-electron chi connectivity index (χ3n) is 7.89. The van der Waals surface area contributed by atoms with E-state index < -0.39 is 52.6 Å². The highest BCUT2D eigenvalue weighted by atomic mass is 16.6. The lowest BCUT2D eigenvalue weighted by atomic mass is 9.84. The van der Waals surface area contributed by atoms with E-state index in [2.05, 4.69) is 5.32 Å². The maximum atomic E-state index is 14.1. The van der Waals surface area contributed by atoms with Gasteiger partial charge >= 0.3 is 17.9 Å². The number of anilines is 1. The second kappa shape index (κ2) is 11.3. The number of carbonyl (C=O) groups excluding carboxylic acids is 6. The molecule has 12 nitrogen and oxygen atoms in total. The minimum Gasteiger partial charge on any atom is -0.446 e. The summed E-state index contributed by atoms with van der Waals surface area (Å²) in [5.41, 5.74) is 4.17. The Bertz CT molecular complexity index is 1190. The van der Waals surface area contributed by atoms with Gasteiger partial charge in [-0.1, -0.05) is 39.0 Å². The van der Waals surface area contributed by atoms with E-state index in [9.17, 15) is 28.8 Å². The molecule has 12 heteroatoms. The summed E-state index contributed by atoms with van der Waals surface area (Å²) in [7, 11) is 0. The fourth-order valence-electron chi connectivity index (χ4n) is 5.88. The van der Waals surface area contributed by atoms with Gasteiger partial charge in [-0.15, -0.1) is 0 Å². The molecule has 0 aromatic heterocycles. The number of alkyl carbamates (subject to hydrolysis) is 1. The van der Waals surface area contributed by atoms with Gasteiger partial charge < -0.3 is 25.6 Å². The lowest BCUT2D eigenvalue weighted by Gasteiger charge is -2.35. The van der Waals surface area contributed by atoms with Crippen LogP contribution in [0.2, 0.25) is 0 Å². The van der Waals surface area contributed by atoms with Crippen LogP contribution in [0.3, 0.4) is 0 Å². The van der Waals surface area contributed by atoms with E-state index in [1.807, 2.05) is 23.5 Å². The zero-order valence-corrected chi connectivity index (χ0v) is 23.1. The van der Waals surface area contributed by atoms with Crippen molar-refractivity contribution >= 4 is 41.3 Å². The molecule has 216 valence electrons. The van der Waals surface area contributed by atoms with Crippen molar-refractivity contribution in [2.24, 2.45) is 16.6 Å². The van der Waals surface area contributed by atoms with Crippen molar-refractivity contribution in [3.05, 3.63) is 30.3 Å². The van der Waals surface area contributed by atoms with Gasteiger partial charge in [-0.25, -0.2) is 4.79 Å². The molecule has 3 fully saturated rings. The largest absolute Gasteiger partial charge is 0.446 e. The highest BCUT2D eigenvalue weighted by Gasteiger charge is 2.56. The van der Waals surface area contributed by atoms with Gasteiger partial charge in [0.15, 0.2) is 0 Å². The molecule has 4 rings (SSSR count). The van der Waals surface area contributed by atoms with Crippen molar-refractivity contribution in [3.63, 3.8) is 0 Å². The van der Waals surface area contributed by atoms with E-state index in [4.69, 9.17) is 10.5 Å². The first-order valence-electron chi connectivity index (χ1n) is 13.6. The number of nitrogens with two attached hydrogens (primary N) is 1. The zero-order chi connectivity index (χ0) is 29.2. The standard InChI is InChI=1S/C28H37N5O7/c1-27(2,3)21(30-26(39)40-18-11-7-8-12-18)25(38)33-16-28(13-19(33)23(36)31-24(37)22(29)35)14-20(34)32(15-28)17-9-5-4-6-10-17/h4-6,9-10,18-19,21H,7-8,11-16H2,1-3H3,(H2,29,35)(H,30,39)(H,31,36,37)/t19-,21+,28+/m0/s1. The van der Waals surface area contributed by atoms with Gasteiger partial charge in [0.1, 0.15) is 18.2 Å². The third-order valence-corrected chi connectivity index (χ3v) is 7.89. The minimum absolute atomic E-state index is 0.0374. The number of amides is 6. The summed E-state index contributed by atoms with van der Waals surface area (Å²) in [5.74, 6) is -4.21. The molecule has 2 aliphatic heterocycles. The van der Waals surface area contributed by atoms with Crippen LogP contribution in [0.5, 0.6) is 0 Å². The highest BCUT2D eigenvalue weighted by Crippen LogP contribution is 2.45. The molecule has 0 radical (unpaired) electrons. The molecule has 1 aliphatic carbocycles. The van der Waals surface area contributed by atoms with E-state index in [1.54, 1.807) is 37.8 Å². The molecule has 0 unspecified atom stereocenters. The Hall–Kier alpha value is -3.96. The van der Waals surface area contributed by atoms with Crippen LogP contribution in [0.15, 0.2) is 30.3 Å². The van der Waals surface area contributed by atoms with Crippen LogP contribution in [0.25, 0.3) is 0 Å². The number of ether oxygens (including phenoxy) is 1. The number of hydrogen-bond donors (Lipinski definition) is 3. The van der Waals surface area contributed by atoms with Crippen LogP contribution in [0.4, 0.5) is 10.5 Å². The first-order chi connectivity index (χ1) is 18.8. The third kappa shape index (κ3) is 6.26. The lowest BCUT2D eigenvalue weighted by Crippen LogP contribution is -2.58. The molecular weight excluding hydrogens is 518 g/mol. The van der Waals surface area contributed by atoms with Crippen molar-refractivity contribution in [2.75, 3.05) is 18.0 Å². The Morgan fingerprint density at radius 2 is 1.70 bits per heavy atom. The maximum Gasteiger partial charge on any atom is 0.408 e. The lowest BCUT2D eigenvalue weighted by molar-refractivity contribution is -0.145. The molecule has 4 N–H and O–H groups in total. The van der Waals surface area contributed by atoms with E-state index in [1.165, 1.54) is 4.90 Å². The molecule has 3 aliphatic rings. The van der Waals surface area contributed by atoms with Crippen LogP contribution in [0.1, 0.15) is 59.3 Å². The Morgan fingerprint density at radius 3 is 2.30 bits per heavy atom. The number of imide groups is 1. The molecule has 1 aromatic carbocycles. The summed E-state index contributed by atoms with van der Waals surface area (Å²) < 4.78 is 5.53. The summed E-state index contributed by atoms with van der Waals surface area (Å²) in [6, 6.07) is 6.84. The number of hydrogen-bond acceptors (Lipinski definition) is 7. The Kier molecular flexibility index (Phi) is 8.18. The number of rotatable bonds is 5. The average molecular weight is 556 g/mol. The van der Waals surface area contributed by atoms with Gasteiger partial charge in [0.05, 0.1) is 0 Å². The normalized spacial score (nSPS) is 23.8. The number of nitrogens with one attached hydrogen (secondary N) is 2. The van der Waals surface area contributed by atoms with E-state index in [-0.39, 0.29) is 37.9 Å². The fraction of sp³-hybridized carbons (Fsp3) is 0.571. The van der Waals surface area contributed by atoms with Gasteiger partial charge in [0.25, 0.3) is 0 Å². The number of likely N-dealkylation sites (tertiary alicyclic amines) is 1. The van der Waals surface area contributed by atoms with E-state index >= 15 is 0 Å². The smallest absolute Gasteiger partial charge is 0.408 e. The van der Waals surface area contributed by atoms with E-state index in [0.29, 0.717) is 5.69 Å². The maximum absolute atomic E-state index is 14.1. The summed E-state index contributed by atoms with van der Waals surface area (Å²) in [4.78, 5) is 79.4. The van der Waals surface area contributed by atoms with Gasteiger partial charge in [-0.05, 0) is 49.7 Å². The molecule has 0 bridgehead atoms. The number of carbonyl (C=O) groups is 6. The number of para-hydroxylation sites is 1. The Labute approximate surface area is 232 Å². The number of nitrogens with zero attached hydrogens (tertiary/aromatic N) is 2. The van der Waals surface area contributed by atoms with Gasteiger partial charge in [0, 0.05) is 30.6 Å². The molecule has 1 spiro atoms. The molecule has 1 aromatic rings. The summed E-state index contributed by atoms with van der Waals surface area (Å²) in [6.45, 7) is 5.62. The van der Waals surface area contributed by atoms with Crippen molar-refractivity contribution in [1.82, 2.24) is 15.5 Å². The molecular formula is C28H37N5O7. The molecule has 40 heavy (non-hydrogen) atoms. The molecule has 6 amide bonds. The summed E-state index contributed by atoms with van der Waals surface area (Å²) >= 11 is 0. The topological polar surface area (TPSA) is 168 Å². The predicted molar refractivity (Wildman–Crippen MR) is 143 cm³/mol. The summed E-state index contributed by atoms with van der Waals surface area (Å²) in [6.07, 6.45) is 2.69. The van der Waals surface area contributed by atoms with Gasteiger partial charge in [-0.3, -0.25) is 29.3 Å². The SMILES string of the molecule is CC(C)(C)[C@H](NC(=O)OC1CCCC1)C(=O)N1C[C@@]2(CC(=O)N(c3ccccc3)C2)C[C@H]1C(=O)NC(=O)C(N)=O. The quantitative estimate of drug-likeness (QED) is 0.459. The van der Waals surface area contributed by atoms with Crippen LogP contribution in [-0.4, -0.2) is 71.8 Å². The molecule has 1 saturated carbocycles. The number of primary amides is 1. The van der Waals surface area contributed by atoms with Gasteiger partial charge in [-0.2, -0.15) is 0 Å². The molecule has 3 atom stereocenters. The first kappa shape index (κ1) is 29.0. The van der Waals surface area contributed by atoms with Crippen LogP contribution in [0, 0.1) is 10.8 Å². The second-order valence-electron chi connectivity index (χ2n) is 12.1. The Balaban J connectivity index is 1.60. The Morgan fingerprint density at radius 1 is 1.05 bits per heavy atom. The zero-order valence-electron chi connectivity index (χ0n) is 23.1. The van der Waals surface area contributed by atoms with Crippen molar-refractivity contribution in [2.45, 2.75) is 77.5 Å². The second-order valence-corrected chi connectivity index (χ2v) is 12.1. The average Bonchev–Trinajstić information content (AvgIpc) is 3.61. The van der Waals surface area contributed by atoms with Crippen LogP contribution in [-0.2, 0) is 28.7 Å². The minimum atomic E-state index is -1.34. The first-order valence-corrected chi connectivity index (χ1v) is 13.6. The van der Waals surface area contributed by atoms with Crippen LogP contribution >= 0.6 is 0 Å². The molecule has 2 heterocycles. The van der Waals surface area contributed by atoms with Gasteiger partial charge in [0.2, 0.25) is 17.7 Å². The van der Waals surface area contributed by atoms with E-state index in [0.717, 1.165) is 25.7 Å². The highest BCUT2D eigenvalue weighted by molar-refractivity contribution is 6.37. The fourth-order valence-corrected chi connectivity index (χ4v) is 5.88.